The summed E-state index contributed by atoms with van der Waals surface area (Å²) in [6.45, 7) is 3.60. The van der Waals surface area contributed by atoms with E-state index in [0.29, 0.717) is 11.4 Å². The first-order valence-electron chi connectivity index (χ1n) is 10.5. The Hall–Kier alpha value is -2.98. The molecule has 33 heavy (non-hydrogen) atoms. The van der Waals surface area contributed by atoms with Crippen molar-refractivity contribution in [3.8, 4) is 5.75 Å². The van der Waals surface area contributed by atoms with E-state index in [1.54, 1.807) is 12.1 Å². The molecule has 1 aliphatic heterocycles. The fourth-order valence-corrected chi connectivity index (χ4v) is 5.04. The van der Waals surface area contributed by atoms with Crippen molar-refractivity contribution in [1.82, 2.24) is 4.31 Å². The molecule has 1 heterocycles. The van der Waals surface area contributed by atoms with Gasteiger partial charge < -0.3 is 14.8 Å². The number of sulfonamides is 1. The fourth-order valence-electron chi connectivity index (χ4n) is 3.57. The largest absolute Gasteiger partial charge is 0.495 e. The van der Waals surface area contributed by atoms with Gasteiger partial charge in [0.2, 0.25) is 10.0 Å². The number of carbonyl (C=O) groups excluding carboxylic acids is 2. The zero-order valence-electron chi connectivity index (χ0n) is 18.7. The summed E-state index contributed by atoms with van der Waals surface area (Å²) in [5.74, 6) is -1.60. The Morgan fingerprint density at radius 2 is 1.76 bits per heavy atom. The van der Waals surface area contributed by atoms with Gasteiger partial charge in [0.15, 0.2) is 6.10 Å². The average molecular weight is 479 g/mol. The van der Waals surface area contributed by atoms with Crippen LogP contribution in [0, 0.1) is 18.7 Å². The van der Waals surface area contributed by atoms with Gasteiger partial charge in [-0.3, -0.25) is 9.59 Å². The van der Waals surface area contributed by atoms with E-state index in [4.69, 9.17) is 9.47 Å². The Morgan fingerprint density at radius 3 is 2.36 bits per heavy atom. The van der Waals surface area contributed by atoms with Crippen molar-refractivity contribution in [3.63, 3.8) is 0 Å². The zero-order chi connectivity index (χ0) is 24.2. The van der Waals surface area contributed by atoms with E-state index in [-0.39, 0.29) is 30.8 Å². The van der Waals surface area contributed by atoms with Crippen LogP contribution in [-0.2, 0) is 24.3 Å². The highest BCUT2D eigenvalue weighted by Crippen LogP contribution is 2.27. The summed E-state index contributed by atoms with van der Waals surface area (Å²) >= 11 is 0. The first-order chi connectivity index (χ1) is 15.6. The monoisotopic (exact) mass is 478 g/mol. The molecule has 2 aromatic carbocycles. The van der Waals surface area contributed by atoms with Crippen molar-refractivity contribution in [2.24, 2.45) is 5.92 Å². The molecule has 1 unspecified atom stereocenters. The second-order valence-electron chi connectivity index (χ2n) is 7.90. The molecule has 0 saturated carbocycles. The Morgan fingerprint density at radius 1 is 1.12 bits per heavy atom. The molecule has 0 radical (unpaired) electrons. The maximum Gasteiger partial charge on any atom is 0.309 e. The average Bonchev–Trinajstić information content (AvgIpc) is 2.79. The maximum absolute atomic E-state index is 13.1. The van der Waals surface area contributed by atoms with Crippen molar-refractivity contribution in [1.29, 1.82) is 0 Å². The van der Waals surface area contributed by atoms with Gasteiger partial charge >= 0.3 is 5.97 Å². The number of amides is 1. The second kappa shape index (κ2) is 10.3. The molecule has 1 fully saturated rings. The van der Waals surface area contributed by atoms with Gasteiger partial charge in [-0.15, -0.1) is 0 Å². The lowest BCUT2D eigenvalue weighted by molar-refractivity contribution is -0.158. The number of methoxy groups -OCH3 is 1. The van der Waals surface area contributed by atoms with Crippen molar-refractivity contribution in [3.05, 3.63) is 53.8 Å². The predicted octanol–water partition coefficient (Wildman–Crippen LogP) is 3.11. The number of benzene rings is 2. The molecule has 1 N–H and O–H groups in total. The van der Waals surface area contributed by atoms with Crippen LogP contribution in [0.2, 0.25) is 0 Å². The SMILES string of the molecule is COc1ccc(C)cc1NC(=O)C(C)OC(=O)C1CCN(S(=O)(=O)c2ccc(F)cc2)CC1. The highest BCUT2D eigenvalue weighted by atomic mass is 32.2. The zero-order valence-corrected chi connectivity index (χ0v) is 19.5. The van der Waals surface area contributed by atoms with E-state index >= 15 is 0 Å². The smallest absolute Gasteiger partial charge is 0.309 e. The van der Waals surface area contributed by atoms with E-state index in [1.807, 2.05) is 13.0 Å². The van der Waals surface area contributed by atoms with Crippen LogP contribution in [-0.4, -0.2) is 50.9 Å². The molecular weight excluding hydrogens is 451 g/mol. The Kier molecular flexibility index (Phi) is 7.70. The van der Waals surface area contributed by atoms with E-state index in [0.717, 1.165) is 17.7 Å². The molecule has 10 heteroatoms. The summed E-state index contributed by atoms with van der Waals surface area (Å²) in [5.41, 5.74) is 1.41. The number of rotatable bonds is 7. The predicted molar refractivity (Wildman–Crippen MR) is 120 cm³/mol. The van der Waals surface area contributed by atoms with Crippen LogP contribution in [0.1, 0.15) is 25.3 Å². The highest BCUT2D eigenvalue weighted by Gasteiger charge is 2.34. The molecule has 3 rings (SSSR count). The minimum Gasteiger partial charge on any atom is -0.495 e. The second-order valence-corrected chi connectivity index (χ2v) is 9.84. The van der Waals surface area contributed by atoms with Gasteiger partial charge in [0.25, 0.3) is 5.91 Å². The fraction of sp³-hybridized carbons (Fsp3) is 0.391. The molecule has 2 aromatic rings. The van der Waals surface area contributed by atoms with Crippen LogP contribution in [0.15, 0.2) is 47.4 Å². The van der Waals surface area contributed by atoms with Crippen molar-refractivity contribution < 1.29 is 31.9 Å². The van der Waals surface area contributed by atoms with Crippen LogP contribution < -0.4 is 10.1 Å². The molecule has 0 spiro atoms. The van der Waals surface area contributed by atoms with Crippen molar-refractivity contribution >= 4 is 27.6 Å². The van der Waals surface area contributed by atoms with Gasteiger partial charge in [-0.25, -0.2) is 12.8 Å². The molecular formula is C23H27FN2O6S. The van der Waals surface area contributed by atoms with E-state index in [9.17, 15) is 22.4 Å². The topological polar surface area (TPSA) is 102 Å². The summed E-state index contributed by atoms with van der Waals surface area (Å²) < 4.78 is 50.4. The van der Waals surface area contributed by atoms with Crippen LogP contribution in [0.4, 0.5) is 10.1 Å². The molecule has 1 saturated heterocycles. The first-order valence-corrected chi connectivity index (χ1v) is 12.0. The third kappa shape index (κ3) is 5.88. The van der Waals surface area contributed by atoms with Gasteiger partial charge in [0.1, 0.15) is 11.6 Å². The number of aryl methyl sites for hydroxylation is 1. The van der Waals surface area contributed by atoms with Gasteiger partial charge in [0, 0.05) is 13.1 Å². The van der Waals surface area contributed by atoms with Gasteiger partial charge in [-0.2, -0.15) is 4.31 Å². The summed E-state index contributed by atoms with van der Waals surface area (Å²) in [6.07, 6.45) is -0.512. The standard InChI is InChI=1S/C23H27FN2O6S/c1-15-4-9-21(31-3)20(14-15)25-22(27)16(2)32-23(28)17-10-12-26(13-11-17)33(29,30)19-7-5-18(24)6-8-19/h4-9,14,16-17H,10-13H2,1-3H3,(H,25,27). The maximum atomic E-state index is 13.1. The van der Waals surface area contributed by atoms with Crippen molar-refractivity contribution in [2.45, 2.75) is 37.7 Å². The Labute approximate surface area is 192 Å². The van der Waals surface area contributed by atoms with Crippen LogP contribution in [0.3, 0.4) is 0 Å². The third-order valence-electron chi connectivity index (χ3n) is 5.51. The molecule has 0 aliphatic carbocycles. The van der Waals surface area contributed by atoms with Gasteiger partial charge in [-0.1, -0.05) is 6.07 Å². The number of nitrogens with zero attached hydrogens (tertiary/aromatic N) is 1. The molecule has 0 bridgehead atoms. The number of nitrogens with one attached hydrogen (secondary N) is 1. The van der Waals surface area contributed by atoms with Crippen LogP contribution >= 0.6 is 0 Å². The number of carbonyl (C=O) groups is 2. The molecule has 1 amide bonds. The lowest BCUT2D eigenvalue weighted by Crippen LogP contribution is -2.41. The van der Waals surface area contributed by atoms with Crippen LogP contribution in [0.5, 0.6) is 5.75 Å². The van der Waals surface area contributed by atoms with Crippen LogP contribution in [0.25, 0.3) is 0 Å². The Balaban J connectivity index is 1.55. The summed E-state index contributed by atoms with van der Waals surface area (Å²) in [7, 11) is -2.28. The molecule has 1 aliphatic rings. The number of esters is 1. The molecule has 1 atom stereocenters. The lowest BCUT2D eigenvalue weighted by Gasteiger charge is -2.30. The summed E-state index contributed by atoms with van der Waals surface area (Å²) in [5, 5.41) is 2.70. The summed E-state index contributed by atoms with van der Waals surface area (Å²) in [4.78, 5) is 25.1. The number of anilines is 1. The number of hydrogen-bond acceptors (Lipinski definition) is 6. The minimum absolute atomic E-state index is 0.00166. The first kappa shape index (κ1) is 24.7. The summed E-state index contributed by atoms with van der Waals surface area (Å²) in [6, 6.07) is 9.95. The molecule has 8 nitrogen and oxygen atoms in total. The quantitative estimate of drug-likeness (QED) is 0.614. The lowest BCUT2D eigenvalue weighted by atomic mass is 9.98. The molecule has 178 valence electrons. The number of piperidine rings is 1. The van der Waals surface area contributed by atoms with E-state index in [1.165, 1.54) is 30.5 Å². The Bertz CT molecular complexity index is 1110. The molecule has 0 aromatic heterocycles. The number of hydrogen-bond donors (Lipinski definition) is 1. The third-order valence-corrected chi connectivity index (χ3v) is 7.43. The number of ether oxygens (including phenoxy) is 2. The normalized spacial score (nSPS) is 16.1. The van der Waals surface area contributed by atoms with Crippen molar-refractivity contribution in [2.75, 3.05) is 25.5 Å². The van der Waals surface area contributed by atoms with E-state index < -0.39 is 39.7 Å². The van der Waals surface area contributed by atoms with Gasteiger partial charge in [0.05, 0.1) is 23.6 Å². The number of halogens is 1. The highest BCUT2D eigenvalue weighted by molar-refractivity contribution is 7.89. The minimum atomic E-state index is -3.77. The van der Waals surface area contributed by atoms with E-state index in [2.05, 4.69) is 5.32 Å². The van der Waals surface area contributed by atoms with Gasteiger partial charge in [-0.05, 0) is 68.7 Å².